The van der Waals surface area contributed by atoms with Crippen LogP contribution in [0.4, 0.5) is 0 Å². The van der Waals surface area contributed by atoms with Crippen molar-refractivity contribution in [2.45, 2.75) is 38.8 Å². The summed E-state index contributed by atoms with van der Waals surface area (Å²) in [4.78, 5) is 37.7. The van der Waals surface area contributed by atoms with Crippen molar-refractivity contribution >= 4 is 17.8 Å². The molecule has 0 spiro atoms. The van der Waals surface area contributed by atoms with Crippen molar-refractivity contribution in [3.8, 4) is 5.69 Å². The number of aromatic carboxylic acids is 1. The van der Waals surface area contributed by atoms with E-state index in [1.807, 2.05) is 4.90 Å². The summed E-state index contributed by atoms with van der Waals surface area (Å²) in [7, 11) is 0. The van der Waals surface area contributed by atoms with E-state index in [1.54, 1.807) is 31.2 Å². The highest BCUT2D eigenvalue weighted by Gasteiger charge is 2.44. The predicted molar refractivity (Wildman–Crippen MR) is 100 cm³/mol. The molecule has 2 amide bonds. The van der Waals surface area contributed by atoms with Gasteiger partial charge < -0.3 is 15.3 Å². The molecular formula is C20H22N4O4. The Kier molecular flexibility index (Phi) is 4.41. The van der Waals surface area contributed by atoms with Crippen molar-refractivity contribution in [3.05, 3.63) is 47.3 Å². The number of benzene rings is 1. The standard InChI is InChI=1S/C20H22N4O4/c1-11-7-17(11)23-10-14(8-18(23)25)22-19(26)13-3-5-15(6-4-13)24-12(2)16(9-21-24)20(27)28/h3-6,9,11,14,17H,7-8,10H2,1-2H3,(H,22,26)(H,27,28)/t11-,14-,17-/m1/s1. The van der Waals surface area contributed by atoms with Crippen LogP contribution in [-0.4, -0.2) is 56.2 Å². The van der Waals surface area contributed by atoms with Gasteiger partial charge in [0.1, 0.15) is 5.56 Å². The van der Waals surface area contributed by atoms with Gasteiger partial charge in [-0.05, 0) is 43.5 Å². The Morgan fingerprint density at radius 3 is 2.50 bits per heavy atom. The van der Waals surface area contributed by atoms with Gasteiger partial charge in [-0.1, -0.05) is 6.92 Å². The second-order valence-corrected chi connectivity index (χ2v) is 7.61. The maximum Gasteiger partial charge on any atom is 0.339 e. The van der Waals surface area contributed by atoms with E-state index < -0.39 is 5.97 Å². The average Bonchev–Trinajstić information content (AvgIpc) is 3.07. The Bertz CT molecular complexity index is 950. The Balaban J connectivity index is 1.42. The van der Waals surface area contributed by atoms with Crippen LogP contribution < -0.4 is 5.32 Å². The number of hydrogen-bond acceptors (Lipinski definition) is 4. The van der Waals surface area contributed by atoms with Gasteiger partial charge in [0.15, 0.2) is 0 Å². The zero-order valence-corrected chi connectivity index (χ0v) is 15.8. The number of rotatable bonds is 5. The summed E-state index contributed by atoms with van der Waals surface area (Å²) in [5, 5.41) is 16.2. The second-order valence-electron chi connectivity index (χ2n) is 7.61. The van der Waals surface area contributed by atoms with Gasteiger partial charge >= 0.3 is 5.97 Å². The van der Waals surface area contributed by atoms with Crippen molar-refractivity contribution in [1.82, 2.24) is 20.0 Å². The van der Waals surface area contributed by atoms with Gasteiger partial charge in [-0.3, -0.25) is 9.59 Å². The number of carboxylic acid groups (broad SMARTS) is 1. The number of hydrogen-bond donors (Lipinski definition) is 2. The third-order valence-corrected chi connectivity index (χ3v) is 5.58. The lowest BCUT2D eigenvalue weighted by molar-refractivity contribution is -0.128. The number of carboxylic acids is 1. The third-order valence-electron chi connectivity index (χ3n) is 5.58. The first-order valence-corrected chi connectivity index (χ1v) is 9.34. The first-order valence-electron chi connectivity index (χ1n) is 9.34. The van der Waals surface area contributed by atoms with E-state index in [1.165, 1.54) is 10.9 Å². The van der Waals surface area contributed by atoms with Crippen LogP contribution in [0.3, 0.4) is 0 Å². The van der Waals surface area contributed by atoms with Gasteiger partial charge in [0.05, 0.1) is 23.6 Å². The number of carbonyl (C=O) groups excluding carboxylic acids is 2. The molecule has 146 valence electrons. The lowest BCUT2D eigenvalue weighted by atomic mass is 10.1. The molecule has 2 N–H and O–H groups in total. The molecule has 2 aliphatic rings. The van der Waals surface area contributed by atoms with Crippen molar-refractivity contribution in [3.63, 3.8) is 0 Å². The summed E-state index contributed by atoms with van der Waals surface area (Å²) in [6.07, 6.45) is 2.70. The van der Waals surface area contributed by atoms with E-state index in [0.717, 1.165) is 6.42 Å². The maximum absolute atomic E-state index is 12.5. The number of nitrogens with one attached hydrogen (secondary N) is 1. The van der Waals surface area contributed by atoms with Gasteiger partial charge in [-0.2, -0.15) is 5.10 Å². The molecule has 1 aliphatic heterocycles. The Morgan fingerprint density at radius 2 is 1.93 bits per heavy atom. The molecule has 0 radical (unpaired) electrons. The Hall–Kier alpha value is -3.16. The number of amides is 2. The summed E-state index contributed by atoms with van der Waals surface area (Å²) < 4.78 is 1.52. The molecule has 2 fully saturated rings. The van der Waals surface area contributed by atoms with E-state index in [9.17, 15) is 14.4 Å². The van der Waals surface area contributed by atoms with Crippen molar-refractivity contribution in [2.75, 3.05) is 6.54 Å². The molecule has 2 heterocycles. The fourth-order valence-electron chi connectivity index (χ4n) is 3.79. The van der Waals surface area contributed by atoms with Gasteiger partial charge in [0, 0.05) is 24.6 Å². The smallest absolute Gasteiger partial charge is 0.339 e. The normalized spacial score (nSPS) is 23.7. The molecule has 4 rings (SSSR count). The molecule has 1 aliphatic carbocycles. The lowest BCUT2D eigenvalue weighted by Gasteiger charge is -2.17. The van der Waals surface area contributed by atoms with E-state index >= 15 is 0 Å². The second kappa shape index (κ2) is 6.78. The predicted octanol–water partition coefficient (Wildman–Crippen LogP) is 1.62. The highest BCUT2D eigenvalue weighted by atomic mass is 16.4. The minimum atomic E-state index is -1.03. The van der Waals surface area contributed by atoms with E-state index in [0.29, 0.717) is 41.9 Å². The number of carbonyl (C=O) groups is 3. The molecule has 2 aromatic rings. The average molecular weight is 382 g/mol. The van der Waals surface area contributed by atoms with Crippen molar-refractivity contribution in [1.29, 1.82) is 0 Å². The Labute approximate surface area is 162 Å². The molecule has 1 aromatic carbocycles. The van der Waals surface area contributed by atoms with Crippen molar-refractivity contribution < 1.29 is 19.5 Å². The van der Waals surface area contributed by atoms with Crippen LogP contribution in [0.2, 0.25) is 0 Å². The molecule has 3 atom stereocenters. The van der Waals surface area contributed by atoms with E-state index in [4.69, 9.17) is 5.11 Å². The first-order chi connectivity index (χ1) is 13.3. The summed E-state index contributed by atoms with van der Waals surface area (Å²) >= 11 is 0. The monoisotopic (exact) mass is 382 g/mol. The molecule has 0 bridgehead atoms. The van der Waals surface area contributed by atoms with Crippen molar-refractivity contribution in [2.24, 2.45) is 5.92 Å². The highest BCUT2D eigenvalue weighted by molar-refractivity contribution is 5.95. The van der Waals surface area contributed by atoms with Gasteiger partial charge in [0.25, 0.3) is 5.91 Å². The number of likely N-dealkylation sites (tertiary alicyclic amines) is 1. The van der Waals surface area contributed by atoms with E-state index in [2.05, 4.69) is 17.3 Å². The lowest BCUT2D eigenvalue weighted by Crippen LogP contribution is -2.37. The fourth-order valence-corrected chi connectivity index (χ4v) is 3.79. The quantitative estimate of drug-likeness (QED) is 0.818. The van der Waals surface area contributed by atoms with Crippen LogP contribution in [0, 0.1) is 12.8 Å². The minimum absolute atomic E-state index is 0.110. The highest BCUT2D eigenvalue weighted by Crippen LogP contribution is 2.37. The third kappa shape index (κ3) is 3.26. The minimum Gasteiger partial charge on any atom is -0.478 e. The molecule has 1 saturated heterocycles. The van der Waals surface area contributed by atoms with Crippen LogP contribution in [0.25, 0.3) is 5.69 Å². The van der Waals surface area contributed by atoms with Gasteiger partial charge in [-0.15, -0.1) is 0 Å². The molecular weight excluding hydrogens is 360 g/mol. The number of aromatic nitrogens is 2. The van der Waals surface area contributed by atoms with Gasteiger partial charge in [-0.25, -0.2) is 9.48 Å². The molecule has 28 heavy (non-hydrogen) atoms. The summed E-state index contributed by atoms with van der Waals surface area (Å²) in [5.74, 6) is -0.587. The fraction of sp³-hybridized carbons (Fsp3) is 0.400. The van der Waals surface area contributed by atoms with Crippen LogP contribution in [0.15, 0.2) is 30.5 Å². The van der Waals surface area contributed by atoms with Crippen LogP contribution in [-0.2, 0) is 4.79 Å². The number of nitrogens with zero attached hydrogens (tertiary/aromatic N) is 3. The maximum atomic E-state index is 12.5. The summed E-state index contributed by atoms with van der Waals surface area (Å²) in [6, 6.07) is 6.95. The zero-order valence-electron chi connectivity index (χ0n) is 15.8. The van der Waals surface area contributed by atoms with E-state index in [-0.39, 0.29) is 23.4 Å². The van der Waals surface area contributed by atoms with Crippen LogP contribution >= 0.6 is 0 Å². The molecule has 0 unspecified atom stereocenters. The zero-order chi connectivity index (χ0) is 20.0. The molecule has 1 saturated carbocycles. The van der Waals surface area contributed by atoms with Crippen LogP contribution in [0.1, 0.15) is 46.2 Å². The largest absolute Gasteiger partial charge is 0.478 e. The Morgan fingerprint density at radius 1 is 1.25 bits per heavy atom. The summed E-state index contributed by atoms with van der Waals surface area (Å²) in [6.45, 7) is 4.38. The molecule has 8 nitrogen and oxygen atoms in total. The van der Waals surface area contributed by atoms with Crippen LogP contribution in [0.5, 0.6) is 0 Å². The molecule has 1 aromatic heterocycles. The summed E-state index contributed by atoms with van der Waals surface area (Å²) in [5.41, 5.74) is 1.81. The molecule has 8 heteroatoms. The SMILES string of the molecule is Cc1c(C(=O)O)cnn1-c1ccc(C(=O)N[C@@H]2CC(=O)N([C@@H]3C[C@H]3C)C2)cc1. The topological polar surface area (TPSA) is 105 Å². The first kappa shape index (κ1) is 18.2. The van der Waals surface area contributed by atoms with Gasteiger partial charge in [0.2, 0.25) is 5.91 Å².